The minimum Gasteiger partial charge on any atom is -0.326 e. The van der Waals surface area contributed by atoms with E-state index in [1.807, 2.05) is 12.1 Å². The maximum Gasteiger partial charge on any atom is 0.127 e. The standard InChI is InChI=1S/C16H18FNS/c1-12-3-2-4-14(7-12)10-19-11-15-6-5-13(9-18)8-16(15)17/h2-8H,9-11,18H2,1H3. The topological polar surface area (TPSA) is 26.0 Å². The Morgan fingerprint density at radius 3 is 2.58 bits per heavy atom. The van der Waals surface area contributed by atoms with Gasteiger partial charge in [-0.15, -0.1) is 0 Å². The van der Waals surface area contributed by atoms with Gasteiger partial charge >= 0.3 is 0 Å². The summed E-state index contributed by atoms with van der Waals surface area (Å²) in [4.78, 5) is 0. The Balaban J connectivity index is 1.92. The van der Waals surface area contributed by atoms with Crippen molar-refractivity contribution in [1.29, 1.82) is 0 Å². The second kappa shape index (κ2) is 6.73. The molecule has 1 nitrogen and oxygen atoms in total. The van der Waals surface area contributed by atoms with E-state index in [9.17, 15) is 4.39 Å². The number of hydrogen-bond donors (Lipinski definition) is 1. The molecule has 2 aromatic carbocycles. The van der Waals surface area contributed by atoms with Crippen LogP contribution in [0, 0.1) is 12.7 Å². The summed E-state index contributed by atoms with van der Waals surface area (Å²) in [6, 6.07) is 13.7. The third-order valence-electron chi connectivity index (χ3n) is 2.96. The first-order chi connectivity index (χ1) is 9.19. The van der Waals surface area contributed by atoms with Crippen LogP contribution in [0.3, 0.4) is 0 Å². The van der Waals surface area contributed by atoms with Gasteiger partial charge in [0.25, 0.3) is 0 Å². The molecule has 0 bridgehead atoms. The number of benzene rings is 2. The fraction of sp³-hybridized carbons (Fsp3) is 0.250. The third-order valence-corrected chi connectivity index (χ3v) is 4.01. The predicted molar refractivity (Wildman–Crippen MR) is 80.5 cm³/mol. The molecule has 2 N–H and O–H groups in total. The zero-order chi connectivity index (χ0) is 13.7. The zero-order valence-corrected chi connectivity index (χ0v) is 11.8. The van der Waals surface area contributed by atoms with Crippen LogP contribution in [0.2, 0.25) is 0 Å². The highest BCUT2D eigenvalue weighted by atomic mass is 32.2. The summed E-state index contributed by atoms with van der Waals surface area (Å²) < 4.78 is 13.8. The Morgan fingerprint density at radius 2 is 1.89 bits per heavy atom. The van der Waals surface area contributed by atoms with Crippen molar-refractivity contribution in [2.24, 2.45) is 5.73 Å². The lowest BCUT2D eigenvalue weighted by molar-refractivity contribution is 0.615. The van der Waals surface area contributed by atoms with Crippen LogP contribution in [0.5, 0.6) is 0 Å². The van der Waals surface area contributed by atoms with Gasteiger partial charge in [0.1, 0.15) is 5.82 Å². The average molecular weight is 275 g/mol. The molecule has 0 amide bonds. The summed E-state index contributed by atoms with van der Waals surface area (Å²) in [6.07, 6.45) is 0. The lowest BCUT2D eigenvalue weighted by atomic mass is 10.1. The maximum atomic E-state index is 13.8. The highest BCUT2D eigenvalue weighted by Gasteiger charge is 2.03. The quantitative estimate of drug-likeness (QED) is 0.891. The van der Waals surface area contributed by atoms with Gasteiger partial charge in [-0.1, -0.05) is 42.0 Å². The maximum absolute atomic E-state index is 13.8. The molecule has 0 aliphatic rings. The van der Waals surface area contributed by atoms with Gasteiger partial charge in [0.15, 0.2) is 0 Å². The monoisotopic (exact) mass is 275 g/mol. The molecule has 0 saturated heterocycles. The van der Waals surface area contributed by atoms with Gasteiger partial charge in [-0.3, -0.25) is 0 Å². The van der Waals surface area contributed by atoms with Gasteiger partial charge in [-0.25, -0.2) is 4.39 Å². The van der Waals surface area contributed by atoms with Crippen molar-refractivity contribution >= 4 is 11.8 Å². The molecule has 100 valence electrons. The van der Waals surface area contributed by atoms with Crippen molar-refractivity contribution in [2.75, 3.05) is 0 Å². The molecule has 2 aromatic rings. The number of thioether (sulfide) groups is 1. The summed E-state index contributed by atoms with van der Waals surface area (Å²) in [7, 11) is 0. The predicted octanol–water partition coefficient (Wildman–Crippen LogP) is 4.03. The molecule has 0 aliphatic carbocycles. The van der Waals surface area contributed by atoms with Gasteiger partial charge < -0.3 is 5.73 Å². The first-order valence-electron chi connectivity index (χ1n) is 6.29. The summed E-state index contributed by atoms with van der Waals surface area (Å²) in [6.45, 7) is 2.47. The summed E-state index contributed by atoms with van der Waals surface area (Å²) >= 11 is 1.72. The molecule has 0 radical (unpaired) electrons. The van der Waals surface area contributed by atoms with Gasteiger partial charge in [0.2, 0.25) is 0 Å². The first kappa shape index (κ1) is 14.1. The molecule has 0 heterocycles. The Kier molecular flexibility index (Phi) is 5.00. The van der Waals surface area contributed by atoms with E-state index in [0.717, 1.165) is 16.9 Å². The molecule has 0 aliphatic heterocycles. The molecule has 0 atom stereocenters. The van der Waals surface area contributed by atoms with Crippen LogP contribution >= 0.6 is 11.8 Å². The van der Waals surface area contributed by atoms with Gasteiger partial charge in [-0.05, 0) is 29.7 Å². The van der Waals surface area contributed by atoms with Crippen molar-refractivity contribution in [3.05, 3.63) is 70.5 Å². The molecular weight excluding hydrogens is 257 g/mol. The molecular formula is C16H18FNS. The minimum absolute atomic E-state index is 0.153. The van der Waals surface area contributed by atoms with Gasteiger partial charge in [-0.2, -0.15) is 11.8 Å². The lowest BCUT2D eigenvalue weighted by Gasteiger charge is -2.06. The fourth-order valence-electron chi connectivity index (χ4n) is 1.92. The minimum atomic E-state index is -0.153. The Hall–Kier alpha value is -1.32. The SMILES string of the molecule is Cc1cccc(CSCc2ccc(CN)cc2F)c1. The lowest BCUT2D eigenvalue weighted by Crippen LogP contribution is -1.98. The normalized spacial score (nSPS) is 10.7. The molecule has 0 saturated carbocycles. The summed E-state index contributed by atoms with van der Waals surface area (Å²) in [5.74, 6) is 1.43. The smallest absolute Gasteiger partial charge is 0.127 e. The Morgan fingerprint density at radius 1 is 1.05 bits per heavy atom. The van der Waals surface area contributed by atoms with Crippen LogP contribution in [0.4, 0.5) is 4.39 Å². The number of rotatable bonds is 5. The summed E-state index contributed by atoms with van der Waals surface area (Å²) in [5.41, 5.74) is 9.61. The Bertz CT molecular complexity index is 554. The molecule has 3 heteroatoms. The number of halogens is 1. The van der Waals surface area contributed by atoms with E-state index >= 15 is 0 Å². The van der Waals surface area contributed by atoms with Crippen molar-refractivity contribution in [3.8, 4) is 0 Å². The van der Waals surface area contributed by atoms with Gasteiger partial charge in [0, 0.05) is 18.1 Å². The van der Waals surface area contributed by atoms with Crippen LogP contribution in [0.1, 0.15) is 22.3 Å². The Labute approximate surface area is 118 Å². The van der Waals surface area contributed by atoms with E-state index in [1.54, 1.807) is 11.8 Å². The van der Waals surface area contributed by atoms with Crippen LogP contribution in [0.15, 0.2) is 42.5 Å². The van der Waals surface area contributed by atoms with Crippen molar-refractivity contribution in [2.45, 2.75) is 25.0 Å². The van der Waals surface area contributed by atoms with E-state index in [-0.39, 0.29) is 5.82 Å². The van der Waals surface area contributed by atoms with E-state index in [1.165, 1.54) is 17.2 Å². The van der Waals surface area contributed by atoms with Crippen LogP contribution in [-0.2, 0) is 18.1 Å². The number of aryl methyl sites for hydroxylation is 1. The van der Waals surface area contributed by atoms with Crippen molar-refractivity contribution < 1.29 is 4.39 Å². The van der Waals surface area contributed by atoms with Gasteiger partial charge in [0.05, 0.1) is 0 Å². The van der Waals surface area contributed by atoms with E-state index < -0.39 is 0 Å². The van der Waals surface area contributed by atoms with Crippen molar-refractivity contribution in [3.63, 3.8) is 0 Å². The first-order valence-corrected chi connectivity index (χ1v) is 7.45. The largest absolute Gasteiger partial charge is 0.326 e. The fourth-order valence-corrected chi connectivity index (χ4v) is 2.89. The van der Waals surface area contributed by atoms with Crippen LogP contribution in [0.25, 0.3) is 0 Å². The zero-order valence-electron chi connectivity index (χ0n) is 11.0. The molecule has 0 unspecified atom stereocenters. The summed E-state index contributed by atoms with van der Waals surface area (Å²) in [5, 5.41) is 0. The van der Waals surface area contributed by atoms with Crippen LogP contribution < -0.4 is 5.73 Å². The third kappa shape index (κ3) is 4.08. The molecule has 0 fully saturated rings. The van der Waals surface area contributed by atoms with Crippen molar-refractivity contribution in [1.82, 2.24) is 0 Å². The average Bonchev–Trinajstić information content (AvgIpc) is 2.40. The molecule has 19 heavy (non-hydrogen) atoms. The highest BCUT2D eigenvalue weighted by molar-refractivity contribution is 7.97. The van der Waals surface area contributed by atoms with E-state index in [0.29, 0.717) is 12.3 Å². The molecule has 0 aromatic heterocycles. The molecule has 2 rings (SSSR count). The van der Waals surface area contributed by atoms with E-state index in [2.05, 4.69) is 31.2 Å². The molecule has 0 spiro atoms. The van der Waals surface area contributed by atoms with Crippen LogP contribution in [-0.4, -0.2) is 0 Å². The number of hydrogen-bond acceptors (Lipinski definition) is 2. The second-order valence-electron chi connectivity index (χ2n) is 4.61. The highest BCUT2D eigenvalue weighted by Crippen LogP contribution is 2.21. The number of nitrogens with two attached hydrogens (primary N) is 1. The van der Waals surface area contributed by atoms with E-state index in [4.69, 9.17) is 5.73 Å². The second-order valence-corrected chi connectivity index (χ2v) is 5.60.